The summed E-state index contributed by atoms with van der Waals surface area (Å²) in [5, 5.41) is 3.05. The van der Waals surface area contributed by atoms with E-state index in [4.69, 9.17) is 4.74 Å². The molecular formula is C18H26N2O2. The molecule has 1 saturated carbocycles. The first kappa shape index (κ1) is 15.5. The molecular weight excluding hydrogens is 276 g/mol. The number of benzene rings is 1. The highest BCUT2D eigenvalue weighted by Crippen LogP contribution is 2.36. The third kappa shape index (κ3) is 3.87. The highest BCUT2D eigenvalue weighted by atomic mass is 16.5. The summed E-state index contributed by atoms with van der Waals surface area (Å²) >= 11 is 0. The average molecular weight is 302 g/mol. The summed E-state index contributed by atoms with van der Waals surface area (Å²) in [7, 11) is 0. The predicted molar refractivity (Wildman–Crippen MR) is 86.4 cm³/mol. The van der Waals surface area contributed by atoms with Crippen LogP contribution in [0.1, 0.15) is 32.3 Å². The molecule has 1 aromatic rings. The molecule has 1 aliphatic heterocycles. The van der Waals surface area contributed by atoms with Gasteiger partial charge in [0.05, 0.1) is 18.2 Å². The van der Waals surface area contributed by atoms with E-state index in [-0.39, 0.29) is 18.1 Å². The number of hydrogen-bond donors (Lipinski definition) is 1. The molecule has 0 radical (unpaired) electrons. The van der Waals surface area contributed by atoms with Crippen molar-refractivity contribution in [2.24, 2.45) is 5.92 Å². The summed E-state index contributed by atoms with van der Waals surface area (Å²) in [5.41, 5.74) is 1.13. The smallest absolute Gasteiger partial charge is 0.237 e. The molecule has 1 N–H and O–H groups in total. The van der Waals surface area contributed by atoms with Gasteiger partial charge in [0.25, 0.3) is 0 Å². The van der Waals surface area contributed by atoms with Crippen molar-refractivity contribution >= 4 is 5.91 Å². The van der Waals surface area contributed by atoms with Crippen molar-refractivity contribution in [1.29, 1.82) is 0 Å². The molecule has 0 aromatic heterocycles. The molecule has 1 saturated heterocycles. The van der Waals surface area contributed by atoms with Gasteiger partial charge in [-0.05, 0) is 38.2 Å². The SMILES string of the molecule is C[C@@H]1CN([C@H](C)C(=O)NCc2ccccc2)C[C@@H](C2CC2)O1. The van der Waals surface area contributed by atoms with Crippen molar-refractivity contribution < 1.29 is 9.53 Å². The van der Waals surface area contributed by atoms with Crippen LogP contribution >= 0.6 is 0 Å². The number of nitrogens with zero attached hydrogens (tertiary/aromatic N) is 1. The average Bonchev–Trinajstić information content (AvgIpc) is 3.37. The Morgan fingerprint density at radius 2 is 2.05 bits per heavy atom. The Hall–Kier alpha value is -1.39. The van der Waals surface area contributed by atoms with Crippen LogP contribution < -0.4 is 5.32 Å². The minimum Gasteiger partial charge on any atom is -0.372 e. The van der Waals surface area contributed by atoms with Gasteiger partial charge >= 0.3 is 0 Å². The molecule has 1 aromatic carbocycles. The molecule has 0 unspecified atom stereocenters. The summed E-state index contributed by atoms with van der Waals surface area (Å²) in [4.78, 5) is 14.7. The second-order valence-corrected chi connectivity index (χ2v) is 6.66. The lowest BCUT2D eigenvalue weighted by molar-refractivity contribution is -0.134. The van der Waals surface area contributed by atoms with Crippen molar-refractivity contribution in [2.45, 2.75) is 51.5 Å². The van der Waals surface area contributed by atoms with Gasteiger partial charge in [0.2, 0.25) is 5.91 Å². The van der Waals surface area contributed by atoms with Crippen LogP contribution in [0.25, 0.3) is 0 Å². The molecule has 120 valence electrons. The zero-order valence-corrected chi connectivity index (χ0v) is 13.5. The van der Waals surface area contributed by atoms with Crippen molar-refractivity contribution in [1.82, 2.24) is 10.2 Å². The lowest BCUT2D eigenvalue weighted by Gasteiger charge is -2.39. The summed E-state index contributed by atoms with van der Waals surface area (Å²) in [6.45, 7) is 6.42. The molecule has 4 heteroatoms. The van der Waals surface area contributed by atoms with E-state index in [0.29, 0.717) is 18.6 Å². The van der Waals surface area contributed by atoms with Gasteiger partial charge in [0.15, 0.2) is 0 Å². The Balaban J connectivity index is 1.53. The largest absolute Gasteiger partial charge is 0.372 e. The molecule has 3 atom stereocenters. The van der Waals surface area contributed by atoms with Crippen molar-refractivity contribution in [2.75, 3.05) is 13.1 Å². The molecule has 1 amide bonds. The van der Waals surface area contributed by atoms with Crippen LogP contribution in [0.15, 0.2) is 30.3 Å². The van der Waals surface area contributed by atoms with E-state index in [1.54, 1.807) is 0 Å². The molecule has 1 heterocycles. The van der Waals surface area contributed by atoms with Gasteiger partial charge in [-0.2, -0.15) is 0 Å². The molecule has 3 rings (SSSR count). The standard InChI is InChI=1S/C18H26N2O2/c1-13-11-20(12-17(22-13)16-8-9-16)14(2)18(21)19-10-15-6-4-3-5-7-15/h3-7,13-14,16-17H,8-12H2,1-2H3,(H,19,21)/t13-,14-,17+/m1/s1. The van der Waals surface area contributed by atoms with Crippen LogP contribution in [-0.2, 0) is 16.1 Å². The first-order chi connectivity index (χ1) is 10.6. The fraction of sp³-hybridized carbons (Fsp3) is 0.611. The van der Waals surface area contributed by atoms with Crippen molar-refractivity contribution in [3.05, 3.63) is 35.9 Å². The number of morpholine rings is 1. The van der Waals surface area contributed by atoms with Gasteiger partial charge in [0.1, 0.15) is 0 Å². The van der Waals surface area contributed by atoms with Gasteiger partial charge in [-0.15, -0.1) is 0 Å². The second kappa shape index (κ2) is 6.80. The number of carbonyl (C=O) groups is 1. The van der Waals surface area contributed by atoms with Crippen molar-refractivity contribution in [3.63, 3.8) is 0 Å². The maximum Gasteiger partial charge on any atom is 0.237 e. The molecule has 0 bridgehead atoms. The second-order valence-electron chi connectivity index (χ2n) is 6.66. The lowest BCUT2D eigenvalue weighted by atomic mass is 10.1. The Kier molecular flexibility index (Phi) is 4.79. The minimum atomic E-state index is -0.101. The zero-order chi connectivity index (χ0) is 15.5. The van der Waals surface area contributed by atoms with E-state index >= 15 is 0 Å². The van der Waals surface area contributed by atoms with Gasteiger partial charge in [-0.1, -0.05) is 30.3 Å². The monoisotopic (exact) mass is 302 g/mol. The third-order valence-electron chi connectivity index (χ3n) is 4.70. The molecule has 2 fully saturated rings. The summed E-state index contributed by atoms with van der Waals surface area (Å²) in [6.07, 6.45) is 3.08. The molecule has 2 aliphatic rings. The molecule has 4 nitrogen and oxygen atoms in total. The summed E-state index contributed by atoms with van der Waals surface area (Å²) in [6, 6.07) is 9.94. The van der Waals surface area contributed by atoms with E-state index in [1.165, 1.54) is 12.8 Å². The summed E-state index contributed by atoms with van der Waals surface area (Å²) in [5.74, 6) is 0.817. The number of nitrogens with one attached hydrogen (secondary N) is 1. The maximum atomic E-state index is 12.4. The first-order valence-electron chi connectivity index (χ1n) is 8.34. The highest BCUT2D eigenvalue weighted by molar-refractivity contribution is 5.81. The number of hydrogen-bond acceptors (Lipinski definition) is 3. The normalized spacial score (nSPS) is 27.4. The molecule has 1 aliphatic carbocycles. The number of amides is 1. The fourth-order valence-electron chi connectivity index (χ4n) is 3.16. The minimum absolute atomic E-state index is 0.101. The van der Waals surface area contributed by atoms with Crippen LogP contribution in [0.5, 0.6) is 0 Å². The van der Waals surface area contributed by atoms with Crippen LogP contribution in [-0.4, -0.2) is 42.1 Å². The Morgan fingerprint density at radius 1 is 1.32 bits per heavy atom. The zero-order valence-electron chi connectivity index (χ0n) is 13.5. The van der Waals surface area contributed by atoms with E-state index in [0.717, 1.165) is 18.7 Å². The van der Waals surface area contributed by atoms with E-state index in [2.05, 4.69) is 17.1 Å². The third-order valence-corrected chi connectivity index (χ3v) is 4.70. The van der Waals surface area contributed by atoms with E-state index in [1.807, 2.05) is 37.3 Å². The topological polar surface area (TPSA) is 41.6 Å². The lowest BCUT2D eigenvalue weighted by Crippen LogP contribution is -2.54. The first-order valence-corrected chi connectivity index (χ1v) is 8.34. The molecule has 0 spiro atoms. The Morgan fingerprint density at radius 3 is 2.73 bits per heavy atom. The Labute approximate surface area is 132 Å². The van der Waals surface area contributed by atoms with Gasteiger partial charge in [0, 0.05) is 19.6 Å². The number of ether oxygens (including phenoxy) is 1. The number of carbonyl (C=O) groups excluding carboxylic acids is 1. The fourth-order valence-corrected chi connectivity index (χ4v) is 3.16. The van der Waals surface area contributed by atoms with Crippen LogP contribution in [0.3, 0.4) is 0 Å². The van der Waals surface area contributed by atoms with Crippen LogP contribution in [0.4, 0.5) is 0 Å². The van der Waals surface area contributed by atoms with Crippen LogP contribution in [0, 0.1) is 5.92 Å². The van der Waals surface area contributed by atoms with E-state index < -0.39 is 0 Å². The molecule has 22 heavy (non-hydrogen) atoms. The van der Waals surface area contributed by atoms with E-state index in [9.17, 15) is 4.79 Å². The van der Waals surface area contributed by atoms with Gasteiger partial charge < -0.3 is 10.1 Å². The Bertz CT molecular complexity index is 501. The summed E-state index contributed by atoms with van der Waals surface area (Å²) < 4.78 is 6.03. The highest BCUT2D eigenvalue weighted by Gasteiger charge is 2.39. The predicted octanol–water partition coefficient (Wildman–Crippen LogP) is 2.19. The van der Waals surface area contributed by atoms with Crippen molar-refractivity contribution in [3.8, 4) is 0 Å². The van der Waals surface area contributed by atoms with Crippen LogP contribution in [0.2, 0.25) is 0 Å². The number of rotatable bonds is 5. The van der Waals surface area contributed by atoms with Gasteiger partial charge in [-0.3, -0.25) is 9.69 Å². The maximum absolute atomic E-state index is 12.4. The quantitative estimate of drug-likeness (QED) is 0.906. The van der Waals surface area contributed by atoms with Gasteiger partial charge in [-0.25, -0.2) is 0 Å².